The quantitative estimate of drug-likeness (QED) is 0.724. The molecule has 0 saturated heterocycles. The number of halogens is 1. The third kappa shape index (κ3) is 3.51. The van der Waals surface area contributed by atoms with Gasteiger partial charge in [0.05, 0.1) is 11.1 Å². The highest BCUT2D eigenvalue weighted by atomic mass is 35.5. The van der Waals surface area contributed by atoms with E-state index < -0.39 is 11.7 Å². The molecule has 0 spiro atoms. The van der Waals surface area contributed by atoms with Gasteiger partial charge in [-0.25, -0.2) is 4.79 Å². The monoisotopic (exact) mass is 387 g/mol. The first-order valence-electron chi connectivity index (χ1n) is 9.13. The number of amides is 1. The van der Waals surface area contributed by atoms with Gasteiger partial charge in [0, 0.05) is 5.41 Å². The molecule has 3 rings (SSSR count). The van der Waals surface area contributed by atoms with E-state index >= 15 is 0 Å². The fraction of sp³-hybridized carbons (Fsp3) is 0.409. The van der Waals surface area contributed by atoms with Crippen LogP contribution in [0.2, 0.25) is 5.02 Å². The Balaban J connectivity index is 1.93. The van der Waals surface area contributed by atoms with Gasteiger partial charge < -0.3 is 15.2 Å². The predicted octanol–water partition coefficient (Wildman–Crippen LogP) is 5.66. The Morgan fingerprint density at radius 2 is 1.96 bits per heavy atom. The van der Waals surface area contributed by atoms with Crippen molar-refractivity contribution in [2.24, 2.45) is 11.1 Å². The molecule has 0 aromatic heterocycles. The molecule has 2 aliphatic carbocycles. The molecule has 0 radical (unpaired) electrons. The predicted molar refractivity (Wildman–Crippen MR) is 109 cm³/mol. The lowest BCUT2D eigenvalue weighted by atomic mass is 9.75. The summed E-state index contributed by atoms with van der Waals surface area (Å²) in [6.07, 6.45) is 6.43. The summed E-state index contributed by atoms with van der Waals surface area (Å²) in [6.45, 7) is 9.95. The van der Waals surface area contributed by atoms with Crippen LogP contribution in [-0.4, -0.2) is 17.8 Å². The summed E-state index contributed by atoms with van der Waals surface area (Å²) in [5.74, 6) is 0.687. The van der Waals surface area contributed by atoms with Crippen LogP contribution in [0.5, 0.6) is 5.75 Å². The highest BCUT2D eigenvalue weighted by molar-refractivity contribution is 6.32. The summed E-state index contributed by atoms with van der Waals surface area (Å²) in [5, 5.41) is 0.597. The number of primary amides is 1. The molecule has 1 aromatic carbocycles. The first-order valence-corrected chi connectivity index (χ1v) is 9.51. The lowest BCUT2D eigenvalue weighted by Gasteiger charge is -2.38. The van der Waals surface area contributed by atoms with E-state index in [4.69, 9.17) is 26.8 Å². The van der Waals surface area contributed by atoms with Gasteiger partial charge in [-0.2, -0.15) is 0 Å². The first kappa shape index (κ1) is 19.6. The fourth-order valence-corrected chi connectivity index (χ4v) is 3.98. The summed E-state index contributed by atoms with van der Waals surface area (Å²) < 4.78 is 11.3. The van der Waals surface area contributed by atoms with Gasteiger partial charge in [-0.1, -0.05) is 49.7 Å². The number of allylic oxidation sites excluding steroid dienone is 3. The molecule has 1 aromatic rings. The molecule has 2 aliphatic rings. The van der Waals surface area contributed by atoms with E-state index in [-0.39, 0.29) is 11.5 Å². The summed E-state index contributed by atoms with van der Waals surface area (Å²) in [4.78, 5) is 11.5. The van der Waals surface area contributed by atoms with Crippen molar-refractivity contribution in [3.63, 3.8) is 0 Å². The molecule has 0 heterocycles. The number of nitrogens with two attached hydrogens (primary N) is 1. The van der Waals surface area contributed by atoms with Crippen molar-refractivity contribution < 1.29 is 14.3 Å². The smallest absolute Gasteiger partial charge is 0.405 e. The minimum atomic E-state index is -0.775. The second-order valence-electron chi connectivity index (χ2n) is 8.08. The number of carbonyl (C=O) groups is 1. The van der Waals surface area contributed by atoms with Gasteiger partial charge in [-0.05, 0) is 61.6 Å². The van der Waals surface area contributed by atoms with E-state index in [1.807, 2.05) is 52.8 Å². The van der Waals surface area contributed by atoms with Crippen LogP contribution in [0.4, 0.5) is 4.79 Å². The maximum Gasteiger partial charge on any atom is 0.405 e. The van der Waals surface area contributed by atoms with Gasteiger partial charge >= 0.3 is 6.09 Å². The number of fused-ring (bicyclic) bond motifs is 1. The molecule has 0 bridgehead atoms. The molecule has 5 heteroatoms. The van der Waals surface area contributed by atoms with Crippen LogP contribution in [0.15, 0.2) is 47.6 Å². The molecule has 1 amide bonds. The van der Waals surface area contributed by atoms with Crippen molar-refractivity contribution in [2.75, 3.05) is 0 Å². The van der Waals surface area contributed by atoms with E-state index in [9.17, 15) is 4.79 Å². The molecule has 1 atom stereocenters. The van der Waals surface area contributed by atoms with Crippen molar-refractivity contribution in [1.82, 2.24) is 0 Å². The van der Waals surface area contributed by atoms with Crippen LogP contribution < -0.4 is 10.5 Å². The Morgan fingerprint density at radius 1 is 1.26 bits per heavy atom. The number of rotatable bonds is 4. The number of benzene rings is 1. The Kier molecular flexibility index (Phi) is 4.89. The van der Waals surface area contributed by atoms with Crippen LogP contribution in [-0.2, 0) is 4.74 Å². The van der Waals surface area contributed by atoms with Crippen molar-refractivity contribution in [3.8, 4) is 5.75 Å². The molecule has 4 nitrogen and oxygen atoms in total. The van der Waals surface area contributed by atoms with Gasteiger partial charge in [0.1, 0.15) is 11.4 Å². The van der Waals surface area contributed by atoms with Crippen LogP contribution in [0.3, 0.4) is 0 Å². The highest BCUT2D eigenvalue weighted by Gasteiger charge is 2.51. The molecular formula is C22H26ClNO3. The summed E-state index contributed by atoms with van der Waals surface area (Å²) in [6, 6.07) is 5.86. The summed E-state index contributed by atoms with van der Waals surface area (Å²) in [7, 11) is 0. The lowest BCUT2D eigenvalue weighted by molar-refractivity contribution is 0.00172. The standard InChI is InChI=1S/C22H26ClNO3/c1-13(2)26-19-9-7-15(11-18(19)23)14-6-8-17-16(10-14)12-21(3,4)22(17,5)27-20(24)25/h7-13H,6H2,1-5H3,(H2,24,25)/t22-/m0/s1. The topological polar surface area (TPSA) is 61.6 Å². The molecule has 144 valence electrons. The minimum absolute atomic E-state index is 0.0709. The second-order valence-corrected chi connectivity index (χ2v) is 8.49. The van der Waals surface area contributed by atoms with E-state index in [2.05, 4.69) is 18.2 Å². The zero-order valence-electron chi connectivity index (χ0n) is 16.4. The highest BCUT2D eigenvalue weighted by Crippen LogP contribution is 2.53. The van der Waals surface area contributed by atoms with E-state index in [0.717, 1.165) is 28.7 Å². The molecule has 0 saturated carbocycles. The third-order valence-corrected chi connectivity index (χ3v) is 5.69. The van der Waals surface area contributed by atoms with Crippen molar-refractivity contribution in [3.05, 3.63) is 58.2 Å². The molecular weight excluding hydrogens is 362 g/mol. The van der Waals surface area contributed by atoms with Crippen LogP contribution in [0, 0.1) is 5.41 Å². The van der Waals surface area contributed by atoms with Gasteiger partial charge in [0.25, 0.3) is 0 Å². The normalized spacial score (nSPS) is 23.3. The van der Waals surface area contributed by atoms with Crippen LogP contribution in [0.25, 0.3) is 5.57 Å². The summed E-state index contributed by atoms with van der Waals surface area (Å²) in [5.41, 5.74) is 8.46. The van der Waals surface area contributed by atoms with Gasteiger partial charge in [0.2, 0.25) is 0 Å². The van der Waals surface area contributed by atoms with E-state index in [1.54, 1.807) is 0 Å². The molecule has 0 aliphatic heterocycles. The van der Waals surface area contributed by atoms with Crippen molar-refractivity contribution >= 4 is 23.3 Å². The SMILES string of the molecule is CC(C)Oc1ccc(C2=CC3=CC(C)(C)[C@@](C)(OC(N)=O)C3=CC2)cc1Cl. The molecule has 27 heavy (non-hydrogen) atoms. The summed E-state index contributed by atoms with van der Waals surface area (Å²) >= 11 is 6.40. The largest absolute Gasteiger partial charge is 0.489 e. The number of hydrogen-bond acceptors (Lipinski definition) is 3. The molecule has 0 fully saturated rings. The zero-order valence-corrected chi connectivity index (χ0v) is 17.2. The average molecular weight is 388 g/mol. The maximum absolute atomic E-state index is 11.5. The lowest BCUT2D eigenvalue weighted by Crippen LogP contribution is -2.44. The minimum Gasteiger partial charge on any atom is -0.489 e. The number of carbonyl (C=O) groups excluding carboxylic acids is 1. The Bertz CT molecular complexity index is 880. The van der Waals surface area contributed by atoms with Crippen LogP contribution in [0.1, 0.15) is 46.6 Å². The van der Waals surface area contributed by atoms with Crippen molar-refractivity contribution in [2.45, 2.75) is 52.7 Å². The van der Waals surface area contributed by atoms with Gasteiger partial charge in [0.15, 0.2) is 0 Å². The van der Waals surface area contributed by atoms with E-state index in [1.165, 1.54) is 0 Å². The van der Waals surface area contributed by atoms with Gasteiger partial charge in [-0.15, -0.1) is 0 Å². The maximum atomic E-state index is 11.5. The average Bonchev–Trinajstić information content (AvgIpc) is 2.73. The molecule has 0 unspecified atom stereocenters. The Labute approximate surface area is 165 Å². The van der Waals surface area contributed by atoms with Crippen molar-refractivity contribution in [1.29, 1.82) is 0 Å². The first-order chi connectivity index (χ1) is 12.5. The molecule has 2 N–H and O–H groups in total. The Hall–Kier alpha value is -2.20. The number of hydrogen-bond donors (Lipinski definition) is 1. The van der Waals surface area contributed by atoms with Gasteiger partial charge in [-0.3, -0.25) is 0 Å². The zero-order chi connectivity index (χ0) is 20.0. The Morgan fingerprint density at radius 3 is 2.56 bits per heavy atom. The third-order valence-electron chi connectivity index (χ3n) is 5.40. The fourth-order valence-electron chi connectivity index (χ4n) is 3.76. The van der Waals surface area contributed by atoms with Crippen LogP contribution >= 0.6 is 11.6 Å². The second kappa shape index (κ2) is 6.75. The number of ether oxygens (including phenoxy) is 2. The van der Waals surface area contributed by atoms with E-state index in [0.29, 0.717) is 10.8 Å².